The van der Waals surface area contributed by atoms with Gasteiger partial charge in [0.2, 0.25) is 5.91 Å². The number of amides is 1. The van der Waals surface area contributed by atoms with Crippen LogP contribution in [0.5, 0.6) is 0 Å². The molecule has 1 aromatic rings. The second-order valence-electron chi connectivity index (χ2n) is 4.59. The van der Waals surface area contributed by atoms with E-state index < -0.39 is 0 Å². The lowest BCUT2D eigenvalue weighted by Crippen LogP contribution is -2.44. The van der Waals surface area contributed by atoms with Gasteiger partial charge < -0.3 is 15.5 Å². The van der Waals surface area contributed by atoms with E-state index in [2.05, 4.69) is 15.5 Å². The molecule has 1 aliphatic rings. The molecule has 21 heavy (non-hydrogen) atoms. The largest absolute Gasteiger partial charge is 0.325 e. The SMILES string of the molecule is CSc1ccccc1NC(=O)CCN1CCNCC1.Cl.Cl. The molecule has 1 aromatic carbocycles. The van der Waals surface area contributed by atoms with Crippen LogP contribution in [-0.4, -0.2) is 49.8 Å². The maximum Gasteiger partial charge on any atom is 0.225 e. The quantitative estimate of drug-likeness (QED) is 0.800. The number of anilines is 1. The molecule has 0 saturated carbocycles. The Labute approximate surface area is 143 Å². The summed E-state index contributed by atoms with van der Waals surface area (Å²) in [7, 11) is 0. The number of carbonyl (C=O) groups is 1. The molecular formula is C14H23Cl2N3OS. The molecule has 0 aromatic heterocycles. The third kappa shape index (κ3) is 6.89. The highest BCUT2D eigenvalue weighted by Gasteiger charge is 2.12. The van der Waals surface area contributed by atoms with Crippen LogP contribution in [0.1, 0.15) is 6.42 Å². The maximum atomic E-state index is 12.0. The van der Waals surface area contributed by atoms with Crippen molar-refractivity contribution >= 4 is 48.2 Å². The van der Waals surface area contributed by atoms with E-state index in [1.165, 1.54) is 0 Å². The smallest absolute Gasteiger partial charge is 0.225 e. The van der Waals surface area contributed by atoms with Crippen molar-refractivity contribution in [3.05, 3.63) is 24.3 Å². The van der Waals surface area contributed by atoms with E-state index >= 15 is 0 Å². The number of hydrogen-bond acceptors (Lipinski definition) is 4. The molecule has 4 nitrogen and oxygen atoms in total. The summed E-state index contributed by atoms with van der Waals surface area (Å²) in [5.41, 5.74) is 0.917. The van der Waals surface area contributed by atoms with Crippen LogP contribution in [0, 0.1) is 0 Å². The van der Waals surface area contributed by atoms with Gasteiger partial charge in [0.15, 0.2) is 0 Å². The summed E-state index contributed by atoms with van der Waals surface area (Å²) in [5.74, 6) is 0.0973. The molecule has 0 atom stereocenters. The van der Waals surface area contributed by atoms with E-state index in [0.29, 0.717) is 6.42 Å². The molecule has 0 bridgehead atoms. The second-order valence-corrected chi connectivity index (χ2v) is 5.44. The van der Waals surface area contributed by atoms with Gasteiger partial charge in [-0.1, -0.05) is 12.1 Å². The fourth-order valence-electron chi connectivity index (χ4n) is 2.16. The van der Waals surface area contributed by atoms with E-state index in [1.54, 1.807) is 11.8 Å². The van der Waals surface area contributed by atoms with E-state index in [9.17, 15) is 4.79 Å². The van der Waals surface area contributed by atoms with Gasteiger partial charge in [-0.25, -0.2) is 0 Å². The minimum absolute atomic E-state index is 0. The average molecular weight is 352 g/mol. The number of halogens is 2. The zero-order valence-corrected chi connectivity index (χ0v) is 14.6. The molecule has 0 radical (unpaired) electrons. The van der Waals surface area contributed by atoms with Crippen LogP contribution in [0.25, 0.3) is 0 Å². The predicted molar refractivity (Wildman–Crippen MR) is 95.3 cm³/mol. The van der Waals surface area contributed by atoms with Crippen molar-refractivity contribution in [2.75, 3.05) is 44.3 Å². The standard InChI is InChI=1S/C14H21N3OS.2ClH/c1-19-13-5-3-2-4-12(13)16-14(18)6-9-17-10-7-15-8-11-17;;/h2-5,15H,6-11H2,1H3,(H,16,18);2*1H. The fraction of sp³-hybridized carbons (Fsp3) is 0.500. The molecule has 1 amide bonds. The van der Waals surface area contributed by atoms with Crippen molar-refractivity contribution in [3.63, 3.8) is 0 Å². The highest BCUT2D eigenvalue weighted by molar-refractivity contribution is 7.98. The van der Waals surface area contributed by atoms with E-state index in [0.717, 1.165) is 43.3 Å². The summed E-state index contributed by atoms with van der Waals surface area (Å²) in [6.07, 6.45) is 2.58. The Balaban J connectivity index is 0.00000200. The lowest BCUT2D eigenvalue weighted by molar-refractivity contribution is -0.116. The summed E-state index contributed by atoms with van der Waals surface area (Å²) in [4.78, 5) is 15.4. The molecule has 7 heteroatoms. The monoisotopic (exact) mass is 351 g/mol. The van der Waals surface area contributed by atoms with Gasteiger partial charge in [0, 0.05) is 44.0 Å². The van der Waals surface area contributed by atoms with E-state index in [1.807, 2.05) is 30.5 Å². The van der Waals surface area contributed by atoms with Gasteiger partial charge >= 0.3 is 0 Å². The Morgan fingerprint density at radius 3 is 2.62 bits per heavy atom. The molecule has 0 spiro atoms. The number of carbonyl (C=O) groups excluding carboxylic acids is 1. The minimum Gasteiger partial charge on any atom is -0.325 e. The van der Waals surface area contributed by atoms with Gasteiger partial charge in [0.1, 0.15) is 0 Å². The van der Waals surface area contributed by atoms with Crippen LogP contribution in [0.15, 0.2) is 29.2 Å². The number of nitrogens with zero attached hydrogens (tertiary/aromatic N) is 1. The molecule has 1 heterocycles. The average Bonchev–Trinajstić information content (AvgIpc) is 2.47. The third-order valence-electron chi connectivity index (χ3n) is 3.25. The van der Waals surface area contributed by atoms with Crippen LogP contribution in [0.2, 0.25) is 0 Å². The summed E-state index contributed by atoms with van der Waals surface area (Å²) in [6.45, 7) is 4.96. The normalized spacial score (nSPS) is 14.7. The minimum atomic E-state index is 0. The number of para-hydroxylation sites is 1. The maximum absolute atomic E-state index is 12.0. The third-order valence-corrected chi connectivity index (χ3v) is 4.04. The summed E-state index contributed by atoms with van der Waals surface area (Å²) in [6, 6.07) is 7.92. The first-order valence-corrected chi connectivity index (χ1v) is 7.88. The van der Waals surface area contributed by atoms with Crippen molar-refractivity contribution in [3.8, 4) is 0 Å². The molecular weight excluding hydrogens is 329 g/mol. The number of benzene rings is 1. The molecule has 2 rings (SSSR count). The highest BCUT2D eigenvalue weighted by atomic mass is 35.5. The van der Waals surface area contributed by atoms with Crippen molar-refractivity contribution in [2.24, 2.45) is 0 Å². The van der Waals surface area contributed by atoms with E-state index in [-0.39, 0.29) is 30.7 Å². The first kappa shape index (κ1) is 20.5. The van der Waals surface area contributed by atoms with E-state index in [4.69, 9.17) is 0 Å². The Morgan fingerprint density at radius 2 is 1.95 bits per heavy atom. The van der Waals surface area contributed by atoms with Crippen LogP contribution in [0.4, 0.5) is 5.69 Å². The summed E-state index contributed by atoms with van der Waals surface area (Å²) >= 11 is 1.65. The zero-order chi connectivity index (χ0) is 13.5. The molecule has 1 fully saturated rings. The zero-order valence-electron chi connectivity index (χ0n) is 12.1. The Hall–Kier alpha value is -0.460. The second kappa shape index (κ2) is 11.2. The van der Waals surface area contributed by atoms with Crippen LogP contribution >= 0.6 is 36.6 Å². The van der Waals surface area contributed by atoms with Gasteiger partial charge in [0.25, 0.3) is 0 Å². The van der Waals surface area contributed by atoms with Crippen LogP contribution < -0.4 is 10.6 Å². The first-order valence-electron chi connectivity index (χ1n) is 6.65. The first-order chi connectivity index (χ1) is 9.29. The highest BCUT2D eigenvalue weighted by Crippen LogP contribution is 2.24. The van der Waals surface area contributed by atoms with Gasteiger partial charge in [-0.2, -0.15) is 0 Å². The van der Waals surface area contributed by atoms with Gasteiger partial charge in [-0.15, -0.1) is 36.6 Å². The van der Waals surface area contributed by atoms with Crippen LogP contribution in [-0.2, 0) is 4.79 Å². The molecule has 2 N–H and O–H groups in total. The molecule has 0 aliphatic carbocycles. The Kier molecular flexibility index (Phi) is 10.9. The molecule has 120 valence electrons. The number of piperazine rings is 1. The molecule has 1 aliphatic heterocycles. The molecule has 0 unspecified atom stereocenters. The van der Waals surface area contributed by atoms with Crippen molar-refractivity contribution in [1.29, 1.82) is 0 Å². The molecule has 1 saturated heterocycles. The number of nitrogens with one attached hydrogen (secondary N) is 2. The number of thioether (sulfide) groups is 1. The Morgan fingerprint density at radius 1 is 1.29 bits per heavy atom. The summed E-state index contributed by atoms with van der Waals surface area (Å²) < 4.78 is 0. The van der Waals surface area contributed by atoms with Crippen molar-refractivity contribution < 1.29 is 4.79 Å². The van der Waals surface area contributed by atoms with Gasteiger partial charge in [0.05, 0.1) is 5.69 Å². The Bertz CT molecular complexity index is 428. The predicted octanol–water partition coefficient (Wildman–Crippen LogP) is 2.49. The topological polar surface area (TPSA) is 44.4 Å². The van der Waals surface area contributed by atoms with Crippen LogP contribution in [0.3, 0.4) is 0 Å². The summed E-state index contributed by atoms with van der Waals surface area (Å²) in [5, 5.41) is 6.31. The lowest BCUT2D eigenvalue weighted by Gasteiger charge is -2.26. The fourth-order valence-corrected chi connectivity index (χ4v) is 2.71. The lowest BCUT2D eigenvalue weighted by atomic mass is 10.3. The van der Waals surface area contributed by atoms with Gasteiger partial charge in [-0.3, -0.25) is 4.79 Å². The number of rotatable bonds is 5. The van der Waals surface area contributed by atoms with Gasteiger partial charge in [-0.05, 0) is 18.4 Å². The van der Waals surface area contributed by atoms with Crippen molar-refractivity contribution in [1.82, 2.24) is 10.2 Å². The van der Waals surface area contributed by atoms with Crippen molar-refractivity contribution in [2.45, 2.75) is 11.3 Å². The number of hydrogen-bond donors (Lipinski definition) is 2.